The number of benzene rings is 3. The highest BCUT2D eigenvalue weighted by atomic mass is 35.5. The molecule has 0 spiro atoms. The molecule has 2 amide bonds. The van der Waals surface area contributed by atoms with Crippen molar-refractivity contribution in [2.24, 2.45) is 0 Å². The minimum absolute atomic E-state index is 0.342. The highest BCUT2D eigenvalue weighted by Gasteiger charge is 2.34. The quantitative estimate of drug-likeness (QED) is 0.655. The van der Waals surface area contributed by atoms with E-state index < -0.39 is 0 Å². The van der Waals surface area contributed by atoms with Crippen LogP contribution in [0.1, 0.15) is 20.7 Å². The van der Waals surface area contributed by atoms with Crippen molar-refractivity contribution in [2.45, 2.75) is 0 Å². The van der Waals surface area contributed by atoms with Crippen molar-refractivity contribution in [3.05, 3.63) is 70.7 Å². The molecule has 1 aliphatic heterocycles. The van der Waals surface area contributed by atoms with Gasteiger partial charge in [-0.1, -0.05) is 23.7 Å². The maximum absolute atomic E-state index is 13.0. The van der Waals surface area contributed by atoms with E-state index in [9.17, 15) is 9.59 Å². The van der Waals surface area contributed by atoms with Gasteiger partial charge >= 0.3 is 0 Å². The number of methoxy groups -OCH3 is 1. The second-order valence-corrected chi connectivity index (χ2v) is 5.94. The Bertz CT molecular complexity index is 995. The van der Waals surface area contributed by atoms with Crippen molar-refractivity contribution in [2.75, 3.05) is 12.0 Å². The number of imide groups is 1. The molecule has 0 fully saturated rings. The Morgan fingerprint density at radius 3 is 2.33 bits per heavy atom. The third kappa shape index (κ3) is 2.07. The summed E-state index contributed by atoms with van der Waals surface area (Å²) in [6.07, 6.45) is 0. The summed E-state index contributed by atoms with van der Waals surface area (Å²) in [5.41, 5.74) is 1.44. The monoisotopic (exact) mass is 337 g/mol. The van der Waals surface area contributed by atoms with Crippen LogP contribution in [0.25, 0.3) is 10.8 Å². The van der Waals surface area contributed by atoms with Crippen molar-refractivity contribution < 1.29 is 14.3 Å². The normalized spacial score (nSPS) is 13.5. The zero-order valence-corrected chi connectivity index (χ0v) is 13.5. The van der Waals surface area contributed by atoms with E-state index in [4.69, 9.17) is 16.3 Å². The van der Waals surface area contributed by atoms with E-state index in [2.05, 4.69) is 0 Å². The third-order valence-corrected chi connectivity index (χ3v) is 4.39. The van der Waals surface area contributed by atoms with Gasteiger partial charge in [0.05, 0.1) is 18.4 Å². The molecule has 0 aromatic heterocycles. The number of nitrogens with zero attached hydrogens (tertiary/aromatic N) is 1. The Hall–Kier alpha value is -2.85. The molecule has 0 aliphatic carbocycles. The van der Waals surface area contributed by atoms with Gasteiger partial charge in [0, 0.05) is 16.0 Å². The van der Waals surface area contributed by atoms with Crippen LogP contribution in [0.15, 0.2) is 54.6 Å². The van der Waals surface area contributed by atoms with Crippen LogP contribution in [-0.4, -0.2) is 18.9 Å². The van der Waals surface area contributed by atoms with Gasteiger partial charge in [-0.15, -0.1) is 0 Å². The van der Waals surface area contributed by atoms with E-state index in [-0.39, 0.29) is 11.8 Å². The summed E-state index contributed by atoms with van der Waals surface area (Å²) >= 11 is 5.90. The van der Waals surface area contributed by atoms with Crippen LogP contribution in [-0.2, 0) is 0 Å². The van der Waals surface area contributed by atoms with Gasteiger partial charge in [0.15, 0.2) is 0 Å². The number of hydrogen-bond acceptors (Lipinski definition) is 3. The second-order valence-electron chi connectivity index (χ2n) is 5.50. The Morgan fingerprint density at radius 1 is 0.917 bits per heavy atom. The number of ether oxygens (including phenoxy) is 1. The summed E-state index contributed by atoms with van der Waals surface area (Å²) in [6.45, 7) is 0. The topological polar surface area (TPSA) is 46.6 Å². The van der Waals surface area contributed by atoms with E-state index in [0.717, 1.165) is 5.39 Å². The summed E-state index contributed by atoms with van der Waals surface area (Å²) in [5, 5.41) is 2.01. The smallest absolute Gasteiger partial charge is 0.266 e. The van der Waals surface area contributed by atoms with Crippen LogP contribution in [0.4, 0.5) is 5.69 Å². The molecule has 5 heteroatoms. The van der Waals surface area contributed by atoms with E-state index in [0.29, 0.717) is 33.0 Å². The molecule has 0 bridgehead atoms. The Kier molecular flexibility index (Phi) is 3.28. The molecule has 3 aromatic rings. The summed E-state index contributed by atoms with van der Waals surface area (Å²) in [4.78, 5) is 27.1. The van der Waals surface area contributed by atoms with Crippen molar-refractivity contribution in [1.82, 2.24) is 0 Å². The zero-order chi connectivity index (χ0) is 16.8. The molecule has 4 nitrogen and oxygen atoms in total. The lowest BCUT2D eigenvalue weighted by Gasteiger charge is -2.27. The minimum atomic E-state index is -0.370. The van der Waals surface area contributed by atoms with Crippen LogP contribution in [0.3, 0.4) is 0 Å². The summed E-state index contributed by atoms with van der Waals surface area (Å²) < 4.78 is 5.29. The highest BCUT2D eigenvalue weighted by molar-refractivity contribution is 6.36. The second kappa shape index (κ2) is 5.35. The molecule has 0 saturated carbocycles. The first-order valence-electron chi connectivity index (χ1n) is 7.35. The standard InChI is InChI=1S/C19H12ClNO3/c1-24-14-9-11-3-2-4-15-17(11)16(10-14)19(23)21(18(15)22)13-7-5-12(20)6-8-13/h2-10H,1H3. The van der Waals surface area contributed by atoms with E-state index >= 15 is 0 Å². The molecule has 0 radical (unpaired) electrons. The fraction of sp³-hybridized carbons (Fsp3) is 0.0526. The average Bonchev–Trinajstić information content (AvgIpc) is 2.60. The lowest BCUT2D eigenvalue weighted by molar-refractivity contribution is 0.0893. The molecule has 4 rings (SSSR count). The molecular weight excluding hydrogens is 326 g/mol. The van der Waals surface area contributed by atoms with Crippen LogP contribution in [0.2, 0.25) is 5.02 Å². The molecule has 0 unspecified atom stereocenters. The van der Waals surface area contributed by atoms with Crippen molar-refractivity contribution in [3.8, 4) is 5.75 Å². The summed E-state index contributed by atoms with van der Waals surface area (Å²) in [6, 6.07) is 15.5. The fourth-order valence-corrected chi connectivity index (χ4v) is 3.15. The SMILES string of the molecule is COc1cc2c3c(cccc3c1)C(=O)N(c1ccc(Cl)cc1)C2=O. The highest BCUT2D eigenvalue weighted by Crippen LogP contribution is 2.35. The lowest BCUT2D eigenvalue weighted by Crippen LogP contribution is -2.40. The predicted molar refractivity (Wildman–Crippen MR) is 93.1 cm³/mol. The number of rotatable bonds is 2. The number of hydrogen-bond donors (Lipinski definition) is 0. The molecule has 0 N–H and O–H groups in total. The molecule has 24 heavy (non-hydrogen) atoms. The van der Waals surface area contributed by atoms with Crippen molar-refractivity contribution >= 4 is 39.9 Å². The Balaban J connectivity index is 1.98. The maximum Gasteiger partial charge on any atom is 0.266 e. The van der Waals surface area contributed by atoms with Crippen LogP contribution in [0.5, 0.6) is 5.75 Å². The van der Waals surface area contributed by atoms with Crippen LogP contribution in [0, 0.1) is 0 Å². The Labute approximate surface area is 143 Å². The Morgan fingerprint density at radius 2 is 1.62 bits per heavy atom. The number of anilines is 1. The van der Waals surface area contributed by atoms with Gasteiger partial charge in [0.2, 0.25) is 0 Å². The average molecular weight is 338 g/mol. The van der Waals surface area contributed by atoms with Gasteiger partial charge in [-0.25, -0.2) is 4.90 Å². The van der Waals surface area contributed by atoms with Gasteiger partial charge in [-0.3, -0.25) is 9.59 Å². The van der Waals surface area contributed by atoms with Crippen LogP contribution >= 0.6 is 11.6 Å². The maximum atomic E-state index is 13.0. The first kappa shape index (κ1) is 14.7. The van der Waals surface area contributed by atoms with Gasteiger partial charge in [-0.2, -0.15) is 0 Å². The van der Waals surface area contributed by atoms with Crippen LogP contribution < -0.4 is 9.64 Å². The number of carbonyl (C=O) groups excluding carboxylic acids is 2. The van der Waals surface area contributed by atoms with E-state index in [1.165, 1.54) is 4.90 Å². The van der Waals surface area contributed by atoms with Gasteiger partial charge in [0.1, 0.15) is 5.75 Å². The molecule has 3 aromatic carbocycles. The number of carbonyl (C=O) groups is 2. The first-order chi connectivity index (χ1) is 11.6. The van der Waals surface area contributed by atoms with Crippen molar-refractivity contribution in [1.29, 1.82) is 0 Å². The van der Waals surface area contributed by atoms with Crippen molar-refractivity contribution in [3.63, 3.8) is 0 Å². The number of halogens is 1. The third-order valence-electron chi connectivity index (χ3n) is 4.14. The predicted octanol–water partition coefficient (Wildman–Crippen LogP) is 4.30. The molecule has 0 atom stereocenters. The largest absolute Gasteiger partial charge is 0.497 e. The fourth-order valence-electron chi connectivity index (χ4n) is 3.02. The summed E-state index contributed by atoms with van der Waals surface area (Å²) in [7, 11) is 1.55. The molecule has 1 aliphatic rings. The zero-order valence-electron chi connectivity index (χ0n) is 12.7. The first-order valence-corrected chi connectivity index (χ1v) is 7.73. The molecular formula is C19H12ClNO3. The lowest BCUT2D eigenvalue weighted by atomic mass is 9.93. The van der Waals surface area contributed by atoms with E-state index in [1.54, 1.807) is 49.6 Å². The summed E-state index contributed by atoms with van der Waals surface area (Å²) in [5.74, 6) is -0.135. The van der Waals surface area contributed by atoms with Gasteiger partial charge < -0.3 is 4.74 Å². The molecule has 0 saturated heterocycles. The van der Waals surface area contributed by atoms with Gasteiger partial charge in [0.25, 0.3) is 11.8 Å². The van der Waals surface area contributed by atoms with E-state index in [1.807, 2.05) is 12.1 Å². The number of amides is 2. The minimum Gasteiger partial charge on any atom is -0.497 e. The molecule has 1 heterocycles. The van der Waals surface area contributed by atoms with Gasteiger partial charge in [-0.05, 0) is 47.9 Å². The molecule has 118 valence electrons.